The van der Waals surface area contributed by atoms with Crippen molar-refractivity contribution in [2.24, 2.45) is 10.2 Å². The third kappa shape index (κ3) is 32.1. The highest BCUT2D eigenvalue weighted by Gasteiger charge is 2.19. The Morgan fingerprint density at radius 1 is 0.587 bits per heavy atom. The number of ether oxygens (including phenoxy) is 8. The summed E-state index contributed by atoms with van der Waals surface area (Å²) in [5, 5.41) is 21.2. The van der Waals surface area contributed by atoms with Crippen molar-refractivity contribution in [2.75, 3.05) is 125 Å². The van der Waals surface area contributed by atoms with Gasteiger partial charge < -0.3 is 53.6 Å². The van der Waals surface area contributed by atoms with Crippen LogP contribution in [0.25, 0.3) is 20.9 Å². The maximum atomic E-state index is 12.0. The molecule has 46 heavy (non-hydrogen) atoms. The highest BCUT2D eigenvalue weighted by atomic mass is 16.6. The Hall–Kier alpha value is -3.29. The number of carbonyl (C=O) groups is 3. The van der Waals surface area contributed by atoms with Crippen LogP contribution in [-0.2, 0) is 52.3 Å². The standard InChI is InChI=1S/C26H48N8O12/c27-33-30-5-7-39-9-11-41-13-15-43-17-19-45-21-24(35)29-4-2-1-3-23(26(37)38)32-25(36)22-46-20-18-44-16-14-42-12-10-40-8-6-31-34-28/h23H,1-22H2,(H,29,35)(H,32,36)(H,37,38)/t23-/m0/s1. The number of hydrogen-bond donors (Lipinski definition) is 3. The summed E-state index contributed by atoms with van der Waals surface area (Å²) in [7, 11) is 0. The Morgan fingerprint density at radius 3 is 1.39 bits per heavy atom. The Kier molecular flexibility index (Phi) is 32.1. The molecule has 0 fully saturated rings. The van der Waals surface area contributed by atoms with E-state index in [1.807, 2.05) is 0 Å². The Labute approximate surface area is 267 Å². The molecule has 0 aromatic carbocycles. The van der Waals surface area contributed by atoms with Crippen LogP contribution in [0.4, 0.5) is 0 Å². The summed E-state index contributed by atoms with van der Waals surface area (Å²) in [5.74, 6) is -2.01. The second-order valence-electron chi connectivity index (χ2n) is 8.99. The molecule has 0 radical (unpaired) electrons. The molecule has 3 N–H and O–H groups in total. The largest absolute Gasteiger partial charge is 0.480 e. The van der Waals surface area contributed by atoms with Crippen molar-refractivity contribution < 1.29 is 57.4 Å². The predicted molar refractivity (Wildman–Crippen MR) is 161 cm³/mol. The molecule has 1 atom stereocenters. The molecule has 0 aromatic rings. The van der Waals surface area contributed by atoms with Crippen LogP contribution in [0, 0.1) is 0 Å². The number of amides is 2. The number of hydrogen-bond acceptors (Lipinski definition) is 13. The fraction of sp³-hybridized carbons (Fsp3) is 0.885. The van der Waals surface area contributed by atoms with Gasteiger partial charge in [0, 0.05) is 29.5 Å². The fourth-order valence-corrected chi connectivity index (χ4v) is 3.20. The van der Waals surface area contributed by atoms with Gasteiger partial charge >= 0.3 is 5.97 Å². The van der Waals surface area contributed by atoms with Crippen molar-refractivity contribution in [3.63, 3.8) is 0 Å². The van der Waals surface area contributed by atoms with Crippen LogP contribution in [-0.4, -0.2) is 154 Å². The average Bonchev–Trinajstić information content (AvgIpc) is 3.04. The van der Waals surface area contributed by atoms with E-state index in [9.17, 15) is 19.5 Å². The first-order valence-electron chi connectivity index (χ1n) is 14.9. The van der Waals surface area contributed by atoms with Crippen molar-refractivity contribution >= 4 is 17.8 Å². The van der Waals surface area contributed by atoms with E-state index in [2.05, 4.69) is 30.7 Å². The van der Waals surface area contributed by atoms with Crippen molar-refractivity contribution in [3.05, 3.63) is 20.9 Å². The molecule has 0 aromatic heterocycles. The summed E-state index contributed by atoms with van der Waals surface area (Å²) in [4.78, 5) is 40.6. The first kappa shape index (κ1) is 42.7. The molecule has 0 saturated carbocycles. The molecule has 0 saturated heterocycles. The van der Waals surface area contributed by atoms with Crippen LogP contribution in [0.15, 0.2) is 10.2 Å². The zero-order valence-corrected chi connectivity index (χ0v) is 26.3. The van der Waals surface area contributed by atoms with Gasteiger partial charge in [0.1, 0.15) is 19.3 Å². The quantitative estimate of drug-likeness (QED) is 0.0364. The van der Waals surface area contributed by atoms with E-state index < -0.39 is 17.9 Å². The van der Waals surface area contributed by atoms with Crippen LogP contribution in [0.3, 0.4) is 0 Å². The van der Waals surface area contributed by atoms with E-state index in [0.717, 1.165) is 0 Å². The van der Waals surface area contributed by atoms with Gasteiger partial charge in [0.25, 0.3) is 0 Å². The van der Waals surface area contributed by atoms with Gasteiger partial charge in [-0.25, -0.2) is 4.79 Å². The molecular weight excluding hydrogens is 616 g/mol. The molecule has 0 spiro atoms. The lowest BCUT2D eigenvalue weighted by atomic mass is 10.1. The lowest BCUT2D eigenvalue weighted by Crippen LogP contribution is -2.42. The number of nitrogens with zero attached hydrogens (tertiary/aromatic N) is 6. The van der Waals surface area contributed by atoms with Crippen LogP contribution in [0.2, 0.25) is 0 Å². The number of rotatable bonds is 35. The molecular formula is C26H48N8O12. The first-order chi connectivity index (χ1) is 22.5. The number of carboxylic acid groups (broad SMARTS) is 1. The van der Waals surface area contributed by atoms with E-state index >= 15 is 0 Å². The molecule has 0 unspecified atom stereocenters. The zero-order valence-electron chi connectivity index (χ0n) is 26.3. The molecule has 20 heteroatoms. The molecule has 0 aliphatic heterocycles. The number of nitrogens with one attached hydrogen (secondary N) is 2. The number of carbonyl (C=O) groups excluding carboxylic acids is 2. The zero-order chi connectivity index (χ0) is 33.8. The van der Waals surface area contributed by atoms with Crippen molar-refractivity contribution in [1.29, 1.82) is 0 Å². The number of unbranched alkanes of at least 4 members (excludes halogenated alkanes) is 1. The predicted octanol–water partition coefficient (Wildman–Crippen LogP) is 0.596. The molecule has 2 amide bonds. The normalized spacial score (nSPS) is 11.3. The maximum Gasteiger partial charge on any atom is 0.326 e. The molecule has 20 nitrogen and oxygen atoms in total. The van der Waals surface area contributed by atoms with E-state index in [1.165, 1.54) is 0 Å². The van der Waals surface area contributed by atoms with Crippen LogP contribution in [0.5, 0.6) is 0 Å². The lowest BCUT2D eigenvalue weighted by Gasteiger charge is -2.15. The monoisotopic (exact) mass is 664 g/mol. The Morgan fingerprint density at radius 2 is 0.978 bits per heavy atom. The lowest BCUT2D eigenvalue weighted by molar-refractivity contribution is -0.142. The van der Waals surface area contributed by atoms with E-state index in [-0.39, 0.29) is 58.5 Å². The van der Waals surface area contributed by atoms with Gasteiger partial charge in [0.05, 0.1) is 92.5 Å². The summed E-state index contributed by atoms with van der Waals surface area (Å²) in [6.07, 6.45) is 1.19. The highest BCUT2D eigenvalue weighted by molar-refractivity contribution is 5.84. The molecule has 0 aliphatic rings. The van der Waals surface area contributed by atoms with E-state index in [4.69, 9.17) is 49.0 Å². The van der Waals surface area contributed by atoms with Crippen molar-refractivity contribution in [3.8, 4) is 0 Å². The Balaban J connectivity index is 3.61. The summed E-state index contributed by atoms with van der Waals surface area (Å²) < 4.78 is 42.1. The minimum Gasteiger partial charge on any atom is -0.480 e. The summed E-state index contributed by atoms with van der Waals surface area (Å²) in [6, 6.07) is -1.07. The van der Waals surface area contributed by atoms with E-state index in [1.54, 1.807) is 0 Å². The minimum absolute atomic E-state index is 0.128. The second-order valence-corrected chi connectivity index (χ2v) is 8.99. The van der Waals surface area contributed by atoms with Gasteiger partial charge in [-0.2, -0.15) is 0 Å². The van der Waals surface area contributed by atoms with Crippen molar-refractivity contribution in [2.45, 2.75) is 25.3 Å². The van der Waals surface area contributed by atoms with E-state index in [0.29, 0.717) is 92.1 Å². The van der Waals surface area contributed by atoms with Crippen LogP contribution in [0.1, 0.15) is 19.3 Å². The number of azide groups is 2. The number of carboxylic acids is 1. The van der Waals surface area contributed by atoms with Gasteiger partial charge in [-0.1, -0.05) is 10.2 Å². The topological polar surface area (TPSA) is 267 Å². The van der Waals surface area contributed by atoms with Gasteiger partial charge in [-0.15, -0.1) is 0 Å². The van der Waals surface area contributed by atoms with Crippen LogP contribution >= 0.6 is 0 Å². The molecule has 264 valence electrons. The summed E-state index contributed by atoms with van der Waals surface area (Å²) >= 11 is 0. The Bertz CT molecular complexity index is 876. The average molecular weight is 665 g/mol. The number of aliphatic carboxylic acids is 1. The second kappa shape index (κ2) is 34.6. The van der Waals surface area contributed by atoms with Gasteiger partial charge in [0.2, 0.25) is 11.8 Å². The summed E-state index contributed by atoms with van der Waals surface area (Å²) in [6.45, 7) is 5.05. The first-order valence-corrected chi connectivity index (χ1v) is 14.9. The van der Waals surface area contributed by atoms with Gasteiger partial charge in [0.15, 0.2) is 0 Å². The summed E-state index contributed by atoms with van der Waals surface area (Å²) in [5.41, 5.74) is 16.3. The fourth-order valence-electron chi connectivity index (χ4n) is 3.20. The third-order valence-corrected chi connectivity index (χ3v) is 5.37. The SMILES string of the molecule is [N-]=[N+]=NCCOCCOCCOCCOCC(=O)NCCCC[C@H](NC(=O)COCCOCCOCCOCCN=[N+]=[N-])C(=O)O. The van der Waals surface area contributed by atoms with Crippen molar-refractivity contribution in [1.82, 2.24) is 10.6 Å². The molecule has 0 bridgehead atoms. The maximum absolute atomic E-state index is 12.0. The molecule has 0 heterocycles. The molecule has 0 rings (SSSR count). The van der Waals surface area contributed by atoms with Crippen LogP contribution < -0.4 is 10.6 Å². The smallest absolute Gasteiger partial charge is 0.326 e. The third-order valence-electron chi connectivity index (χ3n) is 5.37. The van der Waals surface area contributed by atoms with Gasteiger partial charge in [-0.05, 0) is 30.3 Å². The highest BCUT2D eigenvalue weighted by Crippen LogP contribution is 2.01. The minimum atomic E-state index is -1.16. The van der Waals surface area contributed by atoms with Gasteiger partial charge in [-0.3, -0.25) is 9.59 Å². The molecule has 0 aliphatic carbocycles.